The Bertz CT molecular complexity index is 494. The number of phenolic OH excluding ortho intramolecular Hbond substituents is 1. The molecule has 0 aromatic heterocycles. The molecule has 0 bridgehead atoms. The fraction of sp³-hybridized carbons (Fsp3) is 0.333. The molecule has 1 unspecified atom stereocenters. The van der Waals surface area contributed by atoms with Gasteiger partial charge in [0.2, 0.25) is 5.91 Å². The van der Waals surface area contributed by atoms with Crippen LogP contribution >= 0.6 is 0 Å². The molecule has 0 saturated heterocycles. The van der Waals surface area contributed by atoms with Crippen LogP contribution in [-0.4, -0.2) is 30.1 Å². The topological polar surface area (TPSA) is 75.6 Å². The van der Waals surface area contributed by atoms with E-state index in [1.807, 2.05) is 0 Å². The normalized spacial score (nSPS) is 17.1. The zero-order valence-electron chi connectivity index (χ0n) is 11.6. The summed E-state index contributed by atoms with van der Waals surface area (Å²) in [6.07, 6.45) is -1.43. The predicted molar refractivity (Wildman–Crippen MR) is 61.4 cm³/mol. The summed E-state index contributed by atoms with van der Waals surface area (Å²) in [6, 6.07) is 3.35. The molecule has 5 nitrogen and oxygen atoms in total. The molecule has 2 N–H and O–H groups in total. The number of carbonyl (C=O) groups excluding carboxylic acids is 2. The number of hydrogen-bond donors (Lipinski definition) is 2. The van der Waals surface area contributed by atoms with Crippen molar-refractivity contribution in [2.75, 3.05) is 7.11 Å². The Morgan fingerprint density at radius 1 is 1.65 bits per heavy atom. The molecular weight excluding hydrogens is 222 g/mol. The molecule has 0 heterocycles. The van der Waals surface area contributed by atoms with Gasteiger partial charge >= 0.3 is 5.97 Å². The average Bonchev–Trinajstić information content (AvgIpc) is 2.35. The highest BCUT2D eigenvalue weighted by Gasteiger charge is 2.20. The number of ether oxygens (including phenoxy) is 1. The molecule has 0 aliphatic heterocycles. The molecule has 1 aromatic carbocycles. The van der Waals surface area contributed by atoms with E-state index in [2.05, 4.69) is 10.1 Å². The number of carbonyl (C=O) groups is 2. The van der Waals surface area contributed by atoms with Gasteiger partial charge in [-0.25, -0.2) is 4.79 Å². The highest BCUT2D eigenvalue weighted by atomic mass is 16.5. The predicted octanol–water partition coefficient (Wildman–Crippen LogP) is 0.612. The molecular formula is C12H15NO4. The minimum absolute atomic E-state index is 0.0928. The van der Waals surface area contributed by atoms with Gasteiger partial charge in [0, 0.05) is 14.7 Å². The molecule has 0 aliphatic carbocycles. The van der Waals surface area contributed by atoms with Gasteiger partial charge < -0.3 is 15.2 Å². The second-order valence-electron chi connectivity index (χ2n) is 3.33. The van der Waals surface area contributed by atoms with Gasteiger partial charge in [-0.3, -0.25) is 4.79 Å². The van der Waals surface area contributed by atoms with E-state index in [1.165, 1.54) is 24.3 Å². The van der Waals surface area contributed by atoms with Crippen molar-refractivity contribution >= 4 is 11.9 Å². The van der Waals surface area contributed by atoms with Crippen molar-refractivity contribution in [1.82, 2.24) is 5.32 Å². The molecule has 5 heteroatoms. The third-order valence-electron chi connectivity index (χ3n) is 1.90. The summed E-state index contributed by atoms with van der Waals surface area (Å²) in [5.41, 5.74) is 0.217. The van der Waals surface area contributed by atoms with Crippen molar-refractivity contribution in [1.29, 1.82) is 0 Å². The standard InChI is InChI=1S/C12H15NO4/c1-8(14)13-11(12(16)17-2)7-9-4-3-5-10(15)6-9/h3-6,11,15H,7H2,1-2H3,(H,13,14)/t11-/m1/s1/i7D,11D/t7?,11-. The summed E-state index contributed by atoms with van der Waals surface area (Å²) in [5.74, 6) is -1.77. The maximum absolute atomic E-state index is 11.7. The Kier molecular flexibility index (Phi) is 3.51. The van der Waals surface area contributed by atoms with Crippen molar-refractivity contribution in [3.63, 3.8) is 0 Å². The van der Waals surface area contributed by atoms with E-state index in [-0.39, 0.29) is 11.3 Å². The van der Waals surface area contributed by atoms with E-state index >= 15 is 0 Å². The van der Waals surface area contributed by atoms with E-state index in [0.29, 0.717) is 0 Å². The van der Waals surface area contributed by atoms with Gasteiger partial charge in [0.25, 0.3) is 0 Å². The van der Waals surface area contributed by atoms with Crippen molar-refractivity contribution in [2.45, 2.75) is 19.3 Å². The molecule has 0 spiro atoms. The van der Waals surface area contributed by atoms with Crippen LogP contribution in [0.3, 0.4) is 0 Å². The van der Waals surface area contributed by atoms with Crippen LogP contribution in [0.15, 0.2) is 24.3 Å². The molecule has 0 radical (unpaired) electrons. The number of esters is 1. The summed E-state index contributed by atoms with van der Waals surface area (Å²) in [6.45, 7) is 1.14. The smallest absolute Gasteiger partial charge is 0.328 e. The molecule has 17 heavy (non-hydrogen) atoms. The Labute approximate surface area is 102 Å². The van der Waals surface area contributed by atoms with E-state index in [0.717, 1.165) is 14.0 Å². The van der Waals surface area contributed by atoms with Gasteiger partial charge in [0.05, 0.1) is 8.48 Å². The minimum atomic E-state index is -2.27. The first-order chi connectivity index (χ1) is 8.81. The van der Waals surface area contributed by atoms with Gasteiger partial charge in [-0.05, 0) is 17.7 Å². The van der Waals surface area contributed by atoms with Crippen LogP contribution in [-0.2, 0) is 20.7 Å². The largest absolute Gasteiger partial charge is 0.508 e. The molecule has 1 aromatic rings. The van der Waals surface area contributed by atoms with Gasteiger partial charge in [0.15, 0.2) is 0 Å². The molecule has 1 rings (SSSR count). The van der Waals surface area contributed by atoms with Gasteiger partial charge in [0.1, 0.15) is 11.8 Å². The highest BCUT2D eigenvalue weighted by molar-refractivity contribution is 5.83. The number of hydrogen-bond acceptors (Lipinski definition) is 4. The van der Waals surface area contributed by atoms with Crippen LogP contribution in [0.1, 0.15) is 15.2 Å². The maximum Gasteiger partial charge on any atom is 0.328 e. The Hall–Kier alpha value is -2.04. The first-order valence-corrected chi connectivity index (χ1v) is 4.89. The SMILES string of the molecule is [2H]C(c1cccc(O)c1)[C@@]([2H])(NC(C)=O)C(=O)OC. The highest BCUT2D eigenvalue weighted by Crippen LogP contribution is 2.13. The molecule has 0 fully saturated rings. The van der Waals surface area contributed by atoms with Crippen molar-refractivity contribution < 1.29 is 22.2 Å². The molecule has 2 atom stereocenters. The lowest BCUT2D eigenvalue weighted by Crippen LogP contribution is -2.41. The summed E-state index contributed by atoms with van der Waals surface area (Å²) in [7, 11) is 1.07. The van der Waals surface area contributed by atoms with E-state index in [1.54, 1.807) is 0 Å². The number of rotatable bonds is 4. The molecule has 92 valence electrons. The number of amides is 1. The van der Waals surface area contributed by atoms with Gasteiger partial charge in [-0.15, -0.1) is 0 Å². The van der Waals surface area contributed by atoms with Crippen LogP contribution in [0.5, 0.6) is 5.75 Å². The number of methoxy groups -OCH3 is 1. The summed E-state index contributed by atoms with van der Waals surface area (Å²) in [5, 5.41) is 11.5. The Morgan fingerprint density at radius 3 is 2.88 bits per heavy atom. The van der Waals surface area contributed by atoms with Crippen molar-refractivity contribution in [3.05, 3.63) is 29.8 Å². The second kappa shape index (κ2) is 5.89. The molecule has 1 amide bonds. The van der Waals surface area contributed by atoms with Crippen LogP contribution in [0, 0.1) is 0 Å². The third kappa shape index (κ3) is 4.14. The van der Waals surface area contributed by atoms with Crippen LogP contribution in [0.2, 0.25) is 0 Å². The fourth-order valence-corrected chi connectivity index (χ4v) is 1.23. The van der Waals surface area contributed by atoms with Crippen LogP contribution < -0.4 is 5.32 Å². The lowest BCUT2D eigenvalue weighted by molar-refractivity contribution is -0.144. The molecule has 0 aliphatic rings. The van der Waals surface area contributed by atoms with E-state index < -0.39 is 24.3 Å². The number of nitrogens with one attached hydrogen (secondary N) is 1. The average molecular weight is 239 g/mol. The van der Waals surface area contributed by atoms with Crippen LogP contribution in [0.25, 0.3) is 0 Å². The lowest BCUT2D eigenvalue weighted by atomic mass is 10.1. The summed E-state index contributed by atoms with van der Waals surface area (Å²) >= 11 is 0. The van der Waals surface area contributed by atoms with Crippen LogP contribution in [0.4, 0.5) is 0 Å². The summed E-state index contributed by atoms with van der Waals surface area (Å²) in [4.78, 5) is 22.8. The monoisotopic (exact) mass is 239 g/mol. The zero-order valence-corrected chi connectivity index (χ0v) is 9.56. The second-order valence-corrected chi connectivity index (χ2v) is 3.33. The number of phenols is 1. The minimum Gasteiger partial charge on any atom is -0.508 e. The quantitative estimate of drug-likeness (QED) is 0.755. The third-order valence-corrected chi connectivity index (χ3v) is 1.90. The van der Waals surface area contributed by atoms with Crippen molar-refractivity contribution in [2.24, 2.45) is 0 Å². The first kappa shape index (κ1) is 10.1. The first-order valence-electron chi connectivity index (χ1n) is 5.97. The summed E-state index contributed by atoms with van der Waals surface area (Å²) < 4.78 is 20.4. The van der Waals surface area contributed by atoms with Gasteiger partial charge in [-0.2, -0.15) is 0 Å². The van der Waals surface area contributed by atoms with Crippen molar-refractivity contribution in [3.8, 4) is 5.75 Å². The number of benzene rings is 1. The van der Waals surface area contributed by atoms with E-state index in [9.17, 15) is 14.7 Å². The molecule has 0 saturated carbocycles. The lowest BCUT2D eigenvalue weighted by Gasteiger charge is -2.15. The Balaban J connectivity index is 3.17. The Morgan fingerprint density at radius 2 is 2.35 bits per heavy atom. The maximum atomic E-state index is 11.7. The zero-order chi connectivity index (χ0) is 14.6. The fourth-order valence-electron chi connectivity index (χ4n) is 1.23. The van der Waals surface area contributed by atoms with Gasteiger partial charge in [-0.1, -0.05) is 12.1 Å². The van der Waals surface area contributed by atoms with E-state index in [4.69, 9.17) is 2.74 Å². The number of aromatic hydroxyl groups is 1.